The number of carbonyl (C=O) groups is 8. The summed E-state index contributed by atoms with van der Waals surface area (Å²) in [6.07, 6.45) is 11.6. The molecule has 6 aromatic heterocycles. The zero-order valence-electron chi connectivity index (χ0n) is 82.3. The Kier molecular flexibility index (Phi) is 76.3. The second-order valence-corrected chi connectivity index (χ2v) is 37.3. The molecule has 9 aromatic rings. The second-order valence-electron chi connectivity index (χ2n) is 30.1. The van der Waals surface area contributed by atoms with E-state index in [0.717, 1.165) is 22.2 Å². The number of alkyl halides is 2. The van der Waals surface area contributed by atoms with Crippen molar-refractivity contribution in [2.24, 2.45) is 4.30 Å². The van der Waals surface area contributed by atoms with E-state index >= 15 is 0 Å². The molecule has 3 saturated heterocycles. The molecule has 0 saturated carbocycles. The maximum atomic E-state index is 13.9. The molecule has 3 aliphatic rings. The van der Waals surface area contributed by atoms with Crippen molar-refractivity contribution < 1.29 is 235 Å². The Morgan fingerprint density at radius 1 is 0.545 bits per heavy atom. The van der Waals surface area contributed by atoms with E-state index in [1.807, 2.05) is 83.1 Å². The maximum absolute atomic E-state index is 13.9. The van der Waals surface area contributed by atoms with E-state index in [1.54, 1.807) is 84.5 Å². The van der Waals surface area contributed by atoms with Crippen LogP contribution in [0.3, 0.4) is 0 Å². The number of nitro groups is 2. The number of pyridine rings is 6. The van der Waals surface area contributed by atoms with Crippen LogP contribution in [0.5, 0.6) is 0 Å². The zero-order valence-corrected chi connectivity index (χ0v) is 101. The summed E-state index contributed by atoms with van der Waals surface area (Å²) in [5, 5.41) is 41.2. The van der Waals surface area contributed by atoms with Gasteiger partial charge in [0.25, 0.3) is 17.8 Å². The fourth-order valence-electron chi connectivity index (χ4n) is 9.31. The van der Waals surface area contributed by atoms with Gasteiger partial charge in [0.1, 0.15) is 57.2 Å². The molecule has 3 fully saturated rings. The molecule has 0 aliphatic carbocycles. The van der Waals surface area contributed by atoms with Gasteiger partial charge in [-0.15, -0.1) is 23.2 Å². The Morgan fingerprint density at radius 2 is 0.874 bits per heavy atom. The van der Waals surface area contributed by atoms with Gasteiger partial charge in [-0.3, -0.25) is 58.6 Å². The summed E-state index contributed by atoms with van der Waals surface area (Å²) in [5.74, 6) is -0.309. The molecule has 143 heavy (non-hydrogen) atoms. The third-order valence-corrected chi connectivity index (χ3v) is 21.8. The fraction of sp³-hybridized carbons (Fsp3) is 0.310. The third kappa shape index (κ3) is 57.3. The molecule has 758 valence electrons. The molecule has 9 heterocycles. The molecule has 3 aliphatic heterocycles. The van der Waals surface area contributed by atoms with E-state index in [-0.39, 0.29) is 258 Å². The first-order chi connectivity index (χ1) is 63.8. The van der Waals surface area contributed by atoms with Gasteiger partial charge in [-0.25, -0.2) is 43.1 Å². The molecular weight excluding hydrogens is 2370 g/mol. The summed E-state index contributed by atoms with van der Waals surface area (Å²) in [6, 6.07) is 22.1. The number of non-ortho nitro benzene ring substituents is 2. The number of rotatable bonds is 13. The van der Waals surface area contributed by atoms with Gasteiger partial charge in [0.2, 0.25) is 28.9 Å². The molecule has 10 N–H and O–H groups in total. The molecule has 0 atom stereocenters. The Bertz CT molecular complexity index is 5540. The summed E-state index contributed by atoms with van der Waals surface area (Å²) < 4.78 is 80.3. The molecule has 12 rings (SSSR count). The average Bonchev–Trinajstić information content (AvgIpc) is 1.59. The van der Waals surface area contributed by atoms with Gasteiger partial charge in [0.05, 0.1) is 90.2 Å². The van der Waals surface area contributed by atoms with Crippen LogP contribution in [0.25, 0.3) is 17.2 Å². The van der Waals surface area contributed by atoms with Gasteiger partial charge in [0, 0.05) is 159 Å². The Hall–Kier alpha value is -4.87. The Morgan fingerprint density at radius 3 is 1.17 bits per heavy atom. The number of nitrogen functional groups attached to an aromatic ring is 3. The van der Waals surface area contributed by atoms with Crippen molar-refractivity contribution in [1.82, 2.24) is 29.9 Å². The van der Waals surface area contributed by atoms with Crippen LogP contribution in [0.1, 0.15) is 161 Å². The third-order valence-electron chi connectivity index (χ3n) is 17.7. The molecule has 59 heteroatoms. The molecular formula is C84H100B5Br2Cl8F3IK2N16NaO20S. The number of aldehydes is 2. The first kappa shape index (κ1) is 149. The fourth-order valence-corrected chi connectivity index (χ4v) is 11.0. The van der Waals surface area contributed by atoms with Crippen LogP contribution >= 0.6 is 160 Å². The summed E-state index contributed by atoms with van der Waals surface area (Å²) >= 11 is 54.5. The summed E-state index contributed by atoms with van der Waals surface area (Å²) in [7, 11) is 2.53. The van der Waals surface area contributed by atoms with Crippen molar-refractivity contribution in [3.05, 3.63) is 233 Å². The van der Waals surface area contributed by atoms with Gasteiger partial charge >= 0.3 is 178 Å². The predicted molar refractivity (Wildman–Crippen MR) is 566 cm³/mol. The number of nitrogens with one attached hydrogen (secondary N) is 4. The normalized spacial score (nSPS) is 13.2. The number of nitrogens with two attached hydrogens (primary N) is 3. The number of nitrogens with zero attached hydrogens (tertiary/aromatic N) is 9. The molecule has 0 spiro atoms. The number of nitro benzene ring substituents is 2. The van der Waals surface area contributed by atoms with Crippen LogP contribution in [0.4, 0.5) is 65.1 Å². The van der Waals surface area contributed by atoms with E-state index in [1.165, 1.54) is 108 Å². The quantitative estimate of drug-likeness (QED) is 0.00508. The first-order valence-corrected chi connectivity index (χ1v) is 45.0. The minimum absolute atomic E-state index is 0. The van der Waals surface area contributed by atoms with Crippen molar-refractivity contribution in [3.8, 4) is 11.1 Å². The number of aromatic nitrogens is 6. The van der Waals surface area contributed by atoms with Crippen molar-refractivity contribution in [2.75, 3.05) is 38.5 Å². The van der Waals surface area contributed by atoms with E-state index in [2.05, 4.69) is 131 Å². The molecule has 36 nitrogen and oxygen atoms in total. The van der Waals surface area contributed by atoms with E-state index < -0.39 is 59.6 Å². The SMILES string of the molecule is C.C=Cc1cnc(NC(C)=O)cc1Cl.CC(=O)Cl.CC(=O)Nc1cc(-c2ccc(N)cc2F)c(C=O)cn1.CC(=O)Nc1cc(Cl)c(Br)cn1.CC(=O)Nc1cc(Cl)c(C=O)cn1.CC(Cl)Cl.CC1(C)OB(B2OC(C)(C)C(C)(C)O2)OC1(C)C.CC1(C)OB(c2ccc([N+](=O)[O-])cc2F)OC1(C)C.Nc1cc(Cl)c(Br)cn1.Nc1cc(Cl)ccn1.O=CO[O-].O=[N+]([O-])c1ccc(I)c(F)c1.[B].[B]=NS.[H-].[H-].[K+].[K+].[Na+]. The average molecular weight is 2470 g/mol. The largest absolute Gasteiger partial charge is 1.00 e. The standard InChI is InChI=1S/C14H12FN3O2.C12H24B2O4.C12H15BFNO4.C9H9ClN2O.C8H7ClN2O2.C7H6BrClN2O.C6H3FINO2.C5H4BrClN2.C5H5ClN2.C2H4Cl2.C2H3ClO.CH2O3.CH4.BHNS.B.2K.Na.2H/c1-8(20)18-14-5-12(9(7-19)6-17-14)11-3-2-10(16)4-13(11)15;1-9(2)10(3,4)16-13(15-9)14-17-11(5,6)12(7,8)18-14;1-11(2)12(3,4)19-13(18-11)9-6-5-8(15(16)17)7-10(9)14;1-3-7-5-11-9(4-8(7)10)12-6(2)13;1-5(13)11-8-2-7(9)6(4-12)3-10-8;1-4(12)11-7-2-6(9)5(8)3-10-7;7-5-3-4(9(10)11)1-2-6(5)8;6-3-2-9-5(8)1-4(3)7;6-4-1-2-8-5(7)3-4;2*1-2(3)4;2-1-4-3;;1-2-3;;;;;;/h2-7H,16H2,1H3,(H,17,18,20);1-8H3;5-7H,1-4H3;3-5H,1H2,2H3,(H,11,12,13);2-4H,1H3,(H,10,11,13);2-3H,1H3,(H,10,11,12);1-3H;1-2H,(H2,8,9);1-3H,(H2,7,8);2H,1H3;1H3;1,3H;1H4;3H;;;;;;/q;;;;;;;;;;;;;;;3*+1;2*-1/p-1. The van der Waals surface area contributed by atoms with Crippen molar-refractivity contribution in [1.29, 1.82) is 0 Å². The van der Waals surface area contributed by atoms with Gasteiger partial charge in [-0.1, -0.05) is 84.2 Å². The number of anilines is 7. The number of hydrogen-bond acceptors (Lipinski definition) is 31. The van der Waals surface area contributed by atoms with E-state index in [4.69, 9.17) is 136 Å². The van der Waals surface area contributed by atoms with Crippen molar-refractivity contribution >= 4 is 309 Å². The summed E-state index contributed by atoms with van der Waals surface area (Å²) in [5.41, 5.74) is 15.3. The molecule has 0 bridgehead atoms. The van der Waals surface area contributed by atoms with Crippen molar-refractivity contribution in [3.63, 3.8) is 0 Å². The summed E-state index contributed by atoms with van der Waals surface area (Å²) in [4.78, 5) is 127. The second kappa shape index (κ2) is 73.3. The number of halogens is 14. The molecule has 4 amide bonds. The molecule has 3 aromatic carbocycles. The van der Waals surface area contributed by atoms with Gasteiger partial charge in [-0.2, -0.15) is 0 Å². The molecule has 0 unspecified atom stereocenters. The molecule has 4 radical (unpaired) electrons. The predicted octanol–water partition coefficient (Wildman–Crippen LogP) is 11.2. The smallest absolute Gasteiger partial charge is 1.00 e. The van der Waals surface area contributed by atoms with Gasteiger partial charge in [0.15, 0.2) is 12.6 Å². The number of amides is 4. The number of hydrogen-bond donors (Lipinski definition) is 8. The van der Waals surface area contributed by atoms with Crippen LogP contribution in [0.15, 0.2) is 154 Å². The topological polar surface area (TPSA) is 526 Å². The van der Waals surface area contributed by atoms with E-state index in [9.17, 15) is 67.0 Å². The van der Waals surface area contributed by atoms with Crippen LogP contribution < -0.4 is 182 Å². The number of benzene rings is 3. The van der Waals surface area contributed by atoms with Crippen LogP contribution in [-0.4, -0.2) is 163 Å². The van der Waals surface area contributed by atoms with Crippen LogP contribution in [0.2, 0.25) is 25.1 Å². The minimum atomic E-state index is -0.856. The Balaban J connectivity index is -0.000000239. The first-order valence-electron chi connectivity index (χ1n) is 38.8. The maximum Gasteiger partial charge on any atom is 1.00 e. The zero-order chi connectivity index (χ0) is 106. The number of thiol groups is 1. The van der Waals surface area contributed by atoms with E-state index in [0.29, 0.717) is 80.9 Å². The van der Waals surface area contributed by atoms with Crippen molar-refractivity contribution in [2.45, 2.75) is 170 Å². The van der Waals surface area contributed by atoms with Gasteiger partial charge in [-0.05, 0) is 199 Å². The van der Waals surface area contributed by atoms with Gasteiger partial charge < -0.3 is 79.4 Å². The number of carbonyl (C=O) groups excluding carboxylic acids is 8. The van der Waals surface area contributed by atoms with Crippen LogP contribution in [-0.2, 0) is 61.6 Å². The summed E-state index contributed by atoms with van der Waals surface area (Å²) in [6.45, 7) is 35.5. The van der Waals surface area contributed by atoms with Crippen LogP contribution in [0, 0.1) is 41.3 Å². The Labute approximate surface area is 1020 Å². The minimum Gasteiger partial charge on any atom is -1.00 e. The monoisotopic (exact) mass is 2460 g/mol.